The van der Waals surface area contributed by atoms with Crippen molar-refractivity contribution in [3.05, 3.63) is 20.8 Å². The number of thioether (sulfide) groups is 1. The monoisotopic (exact) mass is 338 g/mol. The van der Waals surface area contributed by atoms with Gasteiger partial charge in [0.2, 0.25) is 0 Å². The first-order valence-electron chi connectivity index (χ1n) is 7.57. The zero-order chi connectivity index (χ0) is 15.1. The highest BCUT2D eigenvalue weighted by molar-refractivity contribution is 7.99. The number of nitrogens with zero attached hydrogens (tertiary/aromatic N) is 2. The van der Waals surface area contributed by atoms with Gasteiger partial charge in [0.1, 0.15) is 11.6 Å². The Morgan fingerprint density at radius 1 is 1.45 bits per heavy atom. The molecule has 2 aromatic heterocycles. The topological polar surface area (TPSA) is 53.4 Å². The highest BCUT2D eigenvalue weighted by Crippen LogP contribution is 2.35. The second kappa shape index (κ2) is 5.96. The number of thiophene rings is 1. The van der Waals surface area contributed by atoms with Crippen LogP contribution in [0.3, 0.4) is 0 Å². The fraction of sp³-hybridized carbons (Fsp3) is 0.600. The Morgan fingerprint density at radius 3 is 3.18 bits per heavy atom. The van der Waals surface area contributed by atoms with Gasteiger partial charge in [-0.2, -0.15) is 0 Å². The maximum absolute atomic E-state index is 12.7. The third kappa shape index (κ3) is 2.50. The van der Waals surface area contributed by atoms with Crippen molar-refractivity contribution < 1.29 is 9.47 Å². The summed E-state index contributed by atoms with van der Waals surface area (Å²) in [5.74, 6) is 0.806. The molecule has 0 spiro atoms. The molecule has 2 aromatic rings. The van der Waals surface area contributed by atoms with Gasteiger partial charge in [0.15, 0.2) is 5.16 Å². The number of hydrogen-bond donors (Lipinski definition) is 0. The predicted molar refractivity (Wildman–Crippen MR) is 87.9 cm³/mol. The first kappa shape index (κ1) is 14.7. The Hall–Kier alpha value is -0.890. The Labute approximate surface area is 136 Å². The molecule has 1 saturated heterocycles. The number of fused-ring (bicyclic) bond motifs is 3. The summed E-state index contributed by atoms with van der Waals surface area (Å²) in [5, 5.41) is 1.64. The van der Waals surface area contributed by atoms with Crippen LogP contribution in [0.5, 0.6) is 0 Å². The number of rotatable bonds is 3. The molecule has 0 N–H and O–H groups in total. The lowest BCUT2D eigenvalue weighted by molar-refractivity contribution is -0.130. The molecule has 1 aliphatic heterocycles. The molecule has 7 heteroatoms. The van der Waals surface area contributed by atoms with Gasteiger partial charge >= 0.3 is 0 Å². The van der Waals surface area contributed by atoms with Crippen LogP contribution in [-0.2, 0) is 29.4 Å². The first-order chi connectivity index (χ1) is 10.7. The van der Waals surface area contributed by atoms with Crippen molar-refractivity contribution in [2.75, 3.05) is 19.2 Å². The lowest BCUT2D eigenvalue weighted by Crippen LogP contribution is -2.26. The van der Waals surface area contributed by atoms with Crippen molar-refractivity contribution in [2.24, 2.45) is 7.05 Å². The normalized spacial score (nSPS) is 21.4. The summed E-state index contributed by atoms with van der Waals surface area (Å²) in [6, 6.07) is 0. The first-order valence-corrected chi connectivity index (χ1v) is 9.37. The summed E-state index contributed by atoms with van der Waals surface area (Å²) in [4.78, 5) is 19.7. The summed E-state index contributed by atoms with van der Waals surface area (Å²) in [5.41, 5.74) is 1.34. The number of aromatic nitrogens is 2. The zero-order valence-corrected chi connectivity index (χ0v) is 14.1. The highest BCUT2D eigenvalue weighted by Gasteiger charge is 2.23. The summed E-state index contributed by atoms with van der Waals surface area (Å²) >= 11 is 3.30. The van der Waals surface area contributed by atoms with E-state index in [1.54, 1.807) is 27.7 Å². The van der Waals surface area contributed by atoms with E-state index in [0.29, 0.717) is 6.79 Å². The molecule has 5 nitrogen and oxygen atoms in total. The number of ether oxygens (including phenoxy) is 2. The fourth-order valence-electron chi connectivity index (χ4n) is 3.04. The van der Waals surface area contributed by atoms with Crippen molar-refractivity contribution in [1.82, 2.24) is 9.55 Å². The quantitative estimate of drug-likeness (QED) is 0.635. The van der Waals surface area contributed by atoms with Crippen molar-refractivity contribution in [3.63, 3.8) is 0 Å². The Bertz CT molecular complexity index is 762. The smallest absolute Gasteiger partial charge is 0.262 e. The second-order valence-electron chi connectivity index (χ2n) is 5.71. The van der Waals surface area contributed by atoms with Crippen molar-refractivity contribution >= 4 is 33.3 Å². The molecule has 0 amide bonds. The third-order valence-corrected chi connectivity index (χ3v) is 6.62. The number of hydrogen-bond acceptors (Lipinski definition) is 6. The van der Waals surface area contributed by atoms with Gasteiger partial charge in [0.05, 0.1) is 18.1 Å². The molecule has 0 bridgehead atoms. The summed E-state index contributed by atoms with van der Waals surface area (Å²) < 4.78 is 12.4. The molecule has 2 aliphatic rings. The Kier molecular flexibility index (Phi) is 3.98. The SMILES string of the molecule is Cn1c(SC[C@H]2CCOCO2)nc2sc3c(c2c1=O)CCC3. The van der Waals surface area contributed by atoms with Gasteiger partial charge in [-0.1, -0.05) is 11.8 Å². The molecule has 1 aliphatic carbocycles. The van der Waals surface area contributed by atoms with E-state index in [1.165, 1.54) is 10.4 Å². The maximum atomic E-state index is 12.7. The van der Waals surface area contributed by atoms with Crippen molar-refractivity contribution in [2.45, 2.75) is 36.9 Å². The molecule has 118 valence electrons. The lowest BCUT2D eigenvalue weighted by atomic mass is 10.2. The largest absolute Gasteiger partial charge is 0.355 e. The van der Waals surface area contributed by atoms with Crippen LogP contribution < -0.4 is 5.56 Å². The van der Waals surface area contributed by atoms with E-state index in [4.69, 9.17) is 14.5 Å². The average molecular weight is 338 g/mol. The molecule has 22 heavy (non-hydrogen) atoms. The van der Waals surface area contributed by atoms with Crippen LogP contribution in [0.1, 0.15) is 23.3 Å². The van der Waals surface area contributed by atoms with E-state index in [0.717, 1.165) is 53.4 Å². The van der Waals surface area contributed by atoms with Crippen molar-refractivity contribution in [3.8, 4) is 0 Å². The molecule has 0 unspecified atom stereocenters. The molecule has 4 rings (SSSR count). The van der Waals surface area contributed by atoms with E-state index in [-0.39, 0.29) is 11.7 Å². The summed E-state index contributed by atoms with van der Waals surface area (Å²) in [7, 11) is 1.82. The minimum atomic E-state index is 0.0970. The summed E-state index contributed by atoms with van der Waals surface area (Å²) in [6.45, 7) is 1.11. The highest BCUT2D eigenvalue weighted by atomic mass is 32.2. The Morgan fingerprint density at radius 2 is 2.36 bits per heavy atom. The van der Waals surface area contributed by atoms with Crippen LogP contribution in [0.4, 0.5) is 0 Å². The number of aryl methyl sites for hydroxylation is 2. The van der Waals surface area contributed by atoms with Gasteiger partial charge in [-0.15, -0.1) is 11.3 Å². The Balaban J connectivity index is 1.64. The van der Waals surface area contributed by atoms with Crippen LogP contribution in [0.2, 0.25) is 0 Å². The molecule has 0 saturated carbocycles. The fourth-order valence-corrected chi connectivity index (χ4v) is 5.37. The standard InChI is InChI=1S/C15H18N2O3S2/c1-17-14(18)12-10-3-2-4-11(10)22-13(12)16-15(17)21-7-9-5-6-19-8-20-9/h9H,2-8H2,1H3/t9-/m1/s1. The predicted octanol–water partition coefficient (Wildman–Crippen LogP) is 2.34. The third-order valence-electron chi connectivity index (χ3n) is 4.27. The van der Waals surface area contributed by atoms with E-state index in [2.05, 4.69) is 0 Å². The van der Waals surface area contributed by atoms with E-state index < -0.39 is 0 Å². The minimum Gasteiger partial charge on any atom is -0.355 e. The molecule has 1 atom stereocenters. The van der Waals surface area contributed by atoms with Gasteiger partial charge < -0.3 is 9.47 Å². The summed E-state index contributed by atoms with van der Waals surface area (Å²) in [6.07, 6.45) is 4.36. The lowest BCUT2D eigenvalue weighted by Gasteiger charge is -2.22. The molecular weight excluding hydrogens is 320 g/mol. The van der Waals surface area contributed by atoms with Gasteiger partial charge in [-0.05, 0) is 31.2 Å². The van der Waals surface area contributed by atoms with Crippen molar-refractivity contribution in [1.29, 1.82) is 0 Å². The van der Waals surface area contributed by atoms with Crippen LogP contribution in [0.15, 0.2) is 9.95 Å². The molecule has 3 heterocycles. The molecule has 0 aromatic carbocycles. The van der Waals surface area contributed by atoms with Gasteiger partial charge in [-0.3, -0.25) is 9.36 Å². The van der Waals surface area contributed by atoms with E-state index >= 15 is 0 Å². The van der Waals surface area contributed by atoms with Gasteiger partial charge in [-0.25, -0.2) is 4.98 Å². The molecule has 1 fully saturated rings. The average Bonchev–Trinajstić information content (AvgIpc) is 3.11. The molecular formula is C15H18N2O3S2. The van der Waals surface area contributed by atoms with Crippen LogP contribution in [-0.4, -0.2) is 34.8 Å². The maximum Gasteiger partial charge on any atom is 0.262 e. The molecule has 0 radical (unpaired) electrons. The van der Waals surface area contributed by atoms with E-state index in [1.807, 2.05) is 7.05 Å². The van der Waals surface area contributed by atoms with Gasteiger partial charge in [0.25, 0.3) is 5.56 Å². The second-order valence-corrected chi connectivity index (χ2v) is 7.78. The van der Waals surface area contributed by atoms with Crippen LogP contribution in [0, 0.1) is 0 Å². The zero-order valence-electron chi connectivity index (χ0n) is 12.5. The van der Waals surface area contributed by atoms with Crippen LogP contribution >= 0.6 is 23.1 Å². The van der Waals surface area contributed by atoms with Gasteiger partial charge in [0, 0.05) is 17.7 Å². The van der Waals surface area contributed by atoms with Crippen LogP contribution in [0.25, 0.3) is 10.2 Å². The minimum absolute atomic E-state index is 0.0970. The van der Waals surface area contributed by atoms with E-state index in [9.17, 15) is 4.79 Å².